The Labute approximate surface area is 35.1 Å². The van der Waals surface area contributed by atoms with Crippen LogP contribution < -0.4 is 5.73 Å². The number of carbonyl (C=O) groups is 1. The van der Waals surface area contributed by atoms with E-state index < -0.39 is 5.91 Å². The summed E-state index contributed by atoms with van der Waals surface area (Å²) < 4.78 is 0. The maximum Gasteiger partial charge on any atom is 0.244 e. The van der Waals surface area contributed by atoms with Gasteiger partial charge in [0.2, 0.25) is 5.91 Å². The van der Waals surface area contributed by atoms with Gasteiger partial charge in [-0.2, -0.15) is 0 Å². The summed E-state index contributed by atoms with van der Waals surface area (Å²) >= 11 is 0. The molecule has 0 aromatic heterocycles. The largest absolute Gasteiger partial charge is 0.515 e. The molecule has 0 aliphatic carbocycles. The second-order valence-electron chi connectivity index (χ2n) is 0.718. The third-order valence-electron chi connectivity index (χ3n) is 0.239. The van der Waals surface area contributed by atoms with Gasteiger partial charge >= 0.3 is 0 Å². The van der Waals surface area contributed by atoms with Crippen LogP contribution in [0.5, 0.6) is 0 Å². The van der Waals surface area contributed by atoms with E-state index in [2.05, 4.69) is 5.73 Å². The van der Waals surface area contributed by atoms with Gasteiger partial charge in [0, 0.05) is 6.08 Å². The molecule has 3 heteroatoms. The Bertz CT molecular complexity index is 76.9. The van der Waals surface area contributed by atoms with Crippen LogP contribution in [0.3, 0.4) is 0 Å². The lowest BCUT2D eigenvalue weighted by molar-refractivity contribution is -0.113. The number of primary amides is 1. The van der Waals surface area contributed by atoms with E-state index in [9.17, 15) is 4.79 Å². The van der Waals surface area contributed by atoms with E-state index in [1.54, 1.807) is 0 Å². The molecule has 0 saturated carbocycles. The minimum Gasteiger partial charge on any atom is -0.515 e. The Balaban J connectivity index is 3.30. The van der Waals surface area contributed by atoms with E-state index in [1.807, 2.05) is 0 Å². The number of aliphatic hydroxyl groups excluding tert-OH is 1. The molecule has 0 bridgehead atoms. The van der Waals surface area contributed by atoms with Crippen molar-refractivity contribution in [3.63, 3.8) is 0 Å². The molecule has 1 amide bonds. The highest BCUT2D eigenvalue weighted by molar-refractivity contribution is 5.85. The average molecular weight is 87.1 g/mol. The van der Waals surface area contributed by atoms with Crippen molar-refractivity contribution >= 4 is 5.91 Å². The highest BCUT2D eigenvalue weighted by atomic mass is 16.2. The molecule has 0 aromatic rings. The van der Waals surface area contributed by atoms with Crippen LogP contribution in [0.15, 0.2) is 12.3 Å². The first-order valence-electron chi connectivity index (χ1n) is 1.37. The maximum atomic E-state index is 9.57. The van der Waals surface area contributed by atoms with E-state index >= 15 is 0 Å². The zero-order valence-corrected chi connectivity index (χ0v) is 3.09. The van der Waals surface area contributed by atoms with Crippen LogP contribution in [0.2, 0.25) is 0 Å². The first-order valence-corrected chi connectivity index (χ1v) is 1.37. The first-order chi connectivity index (χ1) is 2.77. The molecule has 0 rings (SSSR count). The van der Waals surface area contributed by atoms with Gasteiger partial charge in [-0.1, -0.05) is 0 Å². The molecule has 0 aliphatic rings. The molecule has 3 nitrogen and oxygen atoms in total. The Morgan fingerprint density at radius 2 is 2.33 bits per heavy atom. The van der Waals surface area contributed by atoms with Crippen molar-refractivity contribution in [3.05, 3.63) is 12.3 Å². The standard InChI is InChI=1S/C3H5NO2/c4-3(6)1-2-5/h1-2,5H,(H2,4,6)/b2-1+. The lowest BCUT2D eigenvalue weighted by Crippen LogP contribution is -2.04. The molecular formula is C3H5NO2. The second-order valence-corrected chi connectivity index (χ2v) is 0.718. The Morgan fingerprint density at radius 1 is 1.83 bits per heavy atom. The number of hydrogen-bond acceptors (Lipinski definition) is 2. The van der Waals surface area contributed by atoms with Crippen molar-refractivity contribution in [3.8, 4) is 0 Å². The molecule has 0 saturated heterocycles. The lowest BCUT2D eigenvalue weighted by atomic mass is 10.6. The van der Waals surface area contributed by atoms with Gasteiger partial charge in [-0.15, -0.1) is 0 Å². The molecule has 0 atom stereocenters. The Hall–Kier alpha value is -0.990. The number of rotatable bonds is 1. The van der Waals surface area contributed by atoms with Crippen LogP contribution >= 0.6 is 0 Å². The molecule has 0 aromatic carbocycles. The third-order valence-corrected chi connectivity index (χ3v) is 0.239. The molecule has 3 N–H and O–H groups in total. The van der Waals surface area contributed by atoms with E-state index in [0.29, 0.717) is 6.26 Å². The summed E-state index contributed by atoms with van der Waals surface area (Å²) in [5, 5.41) is 7.76. The summed E-state index contributed by atoms with van der Waals surface area (Å²) in [6.45, 7) is 0. The summed E-state index contributed by atoms with van der Waals surface area (Å²) in [5.41, 5.74) is 4.52. The summed E-state index contributed by atoms with van der Waals surface area (Å²) in [6.07, 6.45) is 1.46. The van der Waals surface area contributed by atoms with Crippen LogP contribution in [0.4, 0.5) is 0 Å². The molecule has 6 heavy (non-hydrogen) atoms. The quantitative estimate of drug-likeness (QED) is 0.336. The second kappa shape index (κ2) is 2.26. The molecular weight excluding hydrogens is 82.0 g/mol. The van der Waals surface area contributed by atoms with Gasteiger partial charge in [0.05, 0.1) is 6.26 Å². The molecule has 0 fully saturated rings. The van der Waals surface area contributed by atoms with Gasteiger partial charge in [-0.25, -0.2) is 0 Å². The van der Waals surface area contributed by atoms with Crippen LogP contribution in [-0.4, -0.2) is 11.0 Å². The van der Waals surface area contributed by atoms with Gasteiger partial charge in [-0.05, 0) is 0 Å². The smallest absolute Gasteiger partial charge is 0.244 e. The van der Waals surface area contributed by atoms with Crippen LogP contribution in [0.1, 0.15) is 0 Å². The predicted octanol–water partition coefficient (Wildman–Crippen LogP) is -0.457. The minimum absolute atomic E-state index is 0.600. The molecule has 0 radical (unpaired) electrons. The Morgan fingerprint density at radius 3 is 2.33 bits per heavy atom. The third kappa shape index (κ3) is 3.01. The number of nitrogens with two attached hydrogens (primary N) is 1. The van der Waals surface area contributed by atoms with Crippen LogP contribution in [-0.2, 0) is 4.79 Å². The molecule has 0 unspecified atom stereocenters. The molecule has 0 heterocycles. The van der Waals surface area contributed by atoms with Gasteiger partial charge in [0.1, 0.15) is 0 Å². The van der Waals surface area contributed by atoms with Gasteiger partial charge in [-0.3, -0.25) is 4.79 Å². The normalized spacial score (nSPS) is 9.33. The van der Waals surface area contributed by atoms with Gasteiger partial charge in [0.15, 0.2) is 0 Å². The number of amides is 1. The average Bonchev–Trinajstić information content (AvgIpc) is 1.35. The van der Waals surface area contributed by atoms with Crippen molar-refractivity contribution in [1.29, 1.82) is 0 Å². The zero-order chi connectivity index (χ0) is 4.99. The van der Waals surface area contributed by atoms with Crippen molar-refractivity contribution in [2.24, 2.45) is 5.73 Å². The van der Waals surface area contributed by atoms with Crippen molar-refractivity contribution < 1.29 is 9.90 Å². The lowest BCUT2D eigenvalue weighted by Gasteiger charge is -1.69. The summed E-state index contributed by atoms with van der Waals surface area (Å²) in [6, 6.07) is 0. The fourth-order valence-corrected chi connectivity index (χ4v) is 0.0735. The number of aliphatic hydroxyl groups is 1. The zero-order valence-electron chi connectivity index (χ0n) is 3.09. The highest BCUT2D eigenvalue weighted by Gasteiger charge is 1.74. The molecule has 0 aliphatic heterocycles. The summed E-state index contributed by atoms with van der Waals surface area (Å²) in [4.78, 5) is 9.57. The SMILES string of the molecule is NC(=O)/C=C/O. The Kier molecular flexibility index (Phi) is 1.89. The van der Waals surface area contributed by atoms with Crippen molar-refractivity contribution in [2.45, 2.75) is 0 Å². The van der Waals surface area contributed by atoms with E-state index in [0.717, 1.165) is 6.08 Å². The highest BCUT2D eigenvalue weighted by Crippen LogP contribution is 1.58. The van der Waals surface area contributed by atoms with Crippen molar-refractivity contribution in [2.75, 3.05) is 0 Å². The minimum atomic E-state index is -0.641. The van der Waals surface area contributed by atoms with Crippen LogP contribution in [0, 0.1) is 0 Å². The molecule has 34 valence electrons. The van der Waals surface area contributed by atoms with E-state index in [-0.39, 0.29) is 0 Å². The van der Waals surface area contributed by atoms with Crippen LogP contribution in [0.25, 0.3) is 0 Å². The first kappa shape index (κ1) is 5.01. The monoisotopic (exact) mass is 87.0 g/mol. The van der Waals surface area contributed by atoms with Gasteiger partial charge in [0.25, 0.3) is 0 Å². The topological polar surface area (TPSA) is 63.3 Å². The molecule has 0 spiro atoms. The van der Waals surface area contributed by atoms with E-state index in [4.69, 9.17) is 5.11 Å². The summed E-state index contributed by atoms with van der Waals surface area (Å²) in [7, 11) is 0. The fraction of sp³-hybridized carbons (Fsp3) is 0. The van der Waals surface area contributed by atoms with E-state index in [1.165, 1.54) is 0 Å². The number of carbonyl (C=O) groups excluding carboxylic acids is 1. The maximum absolute atomic E-state index is 9.57. The summed E-state index contributed by atoms with van der Waals surface area (Å²) in [5.74, 6) is -0.641. The number of hydrogen-bond donors (Lipinski definition) is 2. The predicted molar refractivity (Wildman–Crippen MR) is 21.0 cm³/mol. The fourth-order valence-electron chi connectivity index (χ4n) is 0.0735. The van der Waals surface area contributed by atoms with Crippen molar-refractivity contribution in [1.82, 2.24) is 0 Å². The van der Waals surface area contributed by atoms with Gasteiger partial charge < -0.3 is 10.8 Å².